The minimum Gasteiger partial charge on any atom is -0.350 e. The van der Waals surface area contributed by atoms with Gasteiger partial charge in [-0.2, -0.15) is 0 Å². The molecule has 0 spiro atoms. The summed E-state index contributed by atoms with van der Waals surface area (Å²) in [5, 5.41) is 0. The van der Waals surface area contributed by atoms with E-state index in [0.717, 1.165) is 0 Å². The molecule has 2 atom stereocenters. The van der Waals surface area contributed by atoms with E-state index >= 15 is 0 Å². The minimum absolute atomic E-state index is 0.0338. The Balaban J connectivity index is 2.28. The maximum atomic E-state index is 5.42. The highest BCUT2D eigenvalue weighted by atomic mass is 16.7. The molecule has 0 amide bonds. The molecule has 0 bridgehead atoms. The fraction of sp³-hybridized carbons (Fsp3) is 1.00. The highest BCUT2D eigenvalue weighted by molar-refractivity contribution is 4.67. The van der Waals surface area contributed by atoms with Gasteiger partial charge in [0.1, 0.15) is 0 Å². The minimum atomic E-state index is -0.0338. The molecule has 0 saturated carbocycles. The van der Waals surface area contributed by atoms with Crippen molar-refractivity contribution in [3.8, 4) is 0 Å². The average molecular weight is 145 g/mol. The van der Waals surface area contributed by atoms with Crippen molar-refractivity contribution in [2.45, 2.75) is 26.2 Å². The SMILES string of the molecule is CC(C)C1OCC(CN)O1. The first-order chi connectivity index (χ1) is 4.74. The lowest BCUT2D eigenvalue weighted by molar-refractivity contribution is -0.0857. The van der Waals surface area contributed by atoms with E-state index in [-0.39, 0.29) is 12.4 Å². The van der Waals surface area contributed by atoms with Crippen LogP contribution in [-0.2, 0) is 9.47 Å². The van der Waals surface area contributed by atoms with Gasteiger partial charge in [-0.3, -0.25) is 0 Å². The zero-order valence-corrected chi connectivity index (χ0v) is 6.54. The van der Waals surface area contributed by atoms with Crippen molar-refractivity contribution >= 4 is 0 Å². The molecule has 1 rings (SSSR count). The number of rotatable bonds is 2. The molecule has 1 fully saturated rings. The van der Waals surface area contributed by atoms with Crippen LogP contribution >= 0.6 is 0 Å². The summed E-state index contributed by atoms with van der Waals surface area (Å²) in [7, 11) is 0. The molecule has 1 aliphatic heterocycles. The summed E-state index contributed by atoms with van der Waals surface area (Å²) in [5.74, 6) is 0.427. The van der Waals surface area contributed by atoms with Gasteiger partial charge in [-0.25, -0.2) is 0 Å². The molecule has 3 heteroatoms. The molecule has 0 aromatic carbocycles. The van der Waals surface area contributed by atoms with Gasteiger partial charge in [0.25, 0.3) is 0 Å². The summed E-state index contributed by atoms with van der Waals surface area (Å²) < 4.78 is 10.7. The summed E-state index contributed by atoms with van der Waals surface area (Å²) >= 11 is 0. The molecule has 0 aromatic heterocycles. The molecule has 1 aliphatic rings. The maximum Gasteiger partial charge on any atom is 0.160 e. The molecule has 3 nitrogen and oxygen atoms in total. The van der Waals surface area contributed by atoms with Gasteiger partial charge in [0, 0.05) is 12.5 Å². The first kappa shape index (κ1) is 7.98. The summed E-state index contributed by atoms with van der Waals surface area (Å²) in [6.45, 7) is 5.36. The van der Waals surface area contributed by atoms with Gasteiger partial charge in [0.2, 0.25) is 0 Å². The number of ether oxygens (including phenoxy) is 2. The van der Waals surface area contributed by atoms with Crippen LogP contribution in [0.25, 0.3) is 0 Å². The fourth-order valence-electron chi connectivity index (χ4n) is 0.944. The van der Waals surface area contributed by atoms with Crippen molar-refractivity contribution in [3.05, 3.63) is 0 Å². The quantitative estimate of drug-likeness (QED) is 0.609. The van der Waals surface area contributed by atoms with Gasteiger partial charge < -0.3 is 15.2 Å². The van der Waals surface area contributed by atoms with Crippen molar-refractivity contribution in [2.24, 2.45) is 11.7 Å². The van der Waals surface area contributed by atoms with Crippen molar-refractivity contribution in [1.29, 1.82) is 0 Å². The third-order valence-corrected chi connectivity index (χ3v) is 1.58. The Morgan fingerprint density at radius 1 is 1.60 bits per heavy atom. The van der Waals surface area contributed by atoms with Crippen LogP contribution in [0.3, 0.4) is 0 Å². The summed E-state index contributed by atoms with van der Waals surface area (Å²) in [6, 6.07) is 0. The van der Waals surface area contributed by atoms with E-state index in [1.54, 1.807) is 0 Å². The molecule has 60 valence electrons. The second-order valence-electron chi connectivity index (χ2n) is 2.94. The first-order valence-corrected chi connectivity index (χ1v) is 3.71. The monoisotopic (exact) mass is 145 g/mol. The van der Waals surface area contributed by atoms with E-state index in [0.29, 0.717) is 19.1 Å². The molecule has 0 radical (unpaired) electrons. The van der Waals surface area contributed by atoms with Crippen LogP contribution in [-0.4, -0.2) is 25.5 Å². The first-order valence-electron chi connectivity index (χ1n) is 3.71. The summed E-state index contributed by atoms with van der Waals surface area (Å²) in [5.41, 5.74) is 5.39. The molecule has 1 saturated heterocycles. The Labute approximate surface area is 61.5 Å². The van der Waals surface area contributed by atoms with Crippen molar-refractivity contribution in [1.82, 2.24) is 0 Å². The Kier molecular flexibility index (Phi) is 2.65. The van der Waals surface area contributed by atoms with E-state index in [4.69, 9.17) is 15.2 Å². The Bertz CT molecular complexity index is 106. The molecule has 2 unspecified atom stereocenters. The zero-order valence-electron chi connectivity index (χ0n) is 6.54. The Morgan fingerprint density at radius 3 is 2.60 bits per heavy atom. The van der Waals surface area contributed by atoms with Gasteiger partial charge in [0.05, 0.1) is 12.7 Å². The largest absolute Gasteiger partial charge is 0.350 e. The lowest BCUT2D eigenvalue weighted by Gasteiger charge is -2.13. The number of hydrogen-bond donors (Lipinski definition) is 1. The normalized spacial score (nSPS) is 33.6. The van der Waals surface area contributed by atoms with Gasteiger partial charge >= 0.3 is 0 Å². The lowest BCUT2D eigenvalue weighted by atomic mass is 10.2. The number of nitrogens with two attached hydrogens (primary N) is 1. The Morgan fingerprint density at radius 2 is 2.30 bits per heavy atom. The summed E-state index contributed by atoms with van der Waals surface area (Å²) in [6.07, 6.45) is 0.0842. The molecule has 2 N–H and O–H groups in total. The average Bonchev–Trinajstić information content (AvgIpc) is 2.34. The maximum absolute atomic E-state index is 5.42. The van der Waals surface area contributed by atoms with Crippen LogP contribution in [0.15, 0.2) is 0 Å². The van der Waals surface area contributed by atoms with Crippen LogP contribution in [0.5, 0.6) is 0 Å². The van der Waals surface area contributed by atoms with Crippen molar-refractivity contribution in [3.63, 3.8) is 0 Å². The van der Waals surface area contributed by atoms with Gasteiger partial charge in [-0.05, 0) is 0 Å². The van der Waals surface area contributed by atoms with E-state index in [1.165, 1.54) is 0 Å². The van der Waals surface area contributed by atoms with Gasteiger partial charge in [-0.15, -0.1) is 0 Å². The smallest absolute Gasteiger partial charge is 0.160 e. The van der Waals surface area contributed by atoms with Gasteiger partial charge in [-0.1, -0.05) is 13.8 Å². The standard InChI is InChI=1S/C7H15NO2/c1-5(2)7-9-4-6(3-8)10-7/h5-7H,3-4,8H2,1-2H3. The van der Waals surface area contributed by atoms with Crippen LogP contribution < -0.4 is 5.73 Å². The van der Waals surface area contributed by atoms with Gasteiger partial charge in [0.15, 0.2) is 6.29 Å². The topological polar surface area (TPSA) is 44.5 Å². The third-order valence-electron chi connectivity index (χ3n) is 1.58. The van der Waals surface area contributed by atoms with E-state index < -0.39 is 0 Å². The fourth-order valence-corrected chi connectivity index (χ4v) is 0.944. The highest BCUT2D eigenvalue weighted by Gasteiger charge is 2.26. The highest BCUT2D eigenvalue weighted by Crippen LogP contribution is 2.17. The van der Waals surface area contributed by atoms with E-state index in [2.05, 4.69) is 13.8 Å². The third kappa shape index (κ3) is 1.68. The number of hydrogen-bond acceptors (Lipinski definition) is 3. The molecule has 10 heavy (non-hydrogen) atoms. The van der Waals surface area contributed by atoms with Crippen molar-refractivity contribution < 1.29 is 9.47 Å². The van der Waals surface area contributed by atoms with E-state index in [9.17, 15) is 0 Å². The second kappa shape index (κ2) is 3.32. The van der Waals surface area contributed by atoms with Crippen LogP contribution in [0, 0.1) is 5.92 Å². The van der Waals surface area contributed by atoms with Crippen molar-refractivity contribution in [2.75, 3.05) is 13.2 Å². The lowest BCUT2D eigenvalue weighted by Crippen LogP contribution is -2.24. The molecule has 0 aromatic rings. The Hall–Kier alpha value is -0.120. The van der Waals surface area contributed by atoms with Crippen LogP contribution in [0.1, 0.15) is 13.8 Å². The second-order valence-corrected chi connectivity index (χ2v) is 2.94. The van der Waals surface area contributed by atoms with Crippen LogP contribution in [0.4, 0.5) is 0 Å². The predicted octanol–water partition coefficient (Wildman–Crippen LogP) is 0.343. The van der Waals surface area contributed by atoms with Crippen LogP contribution in [0.2, 0.25) is 0 Å². The molecular formula is C7H15NO2. The zero-order chi connectivity index (χ0) is 7.56. The van der Waals surface area contributed by atoms with E-state index in [1.807, 2.05) is 0 Å². The predicted molar refractivity (Wildman–Crippen MR) is 38.5 cm³/mol. The molecule has 0 aliphatic carbocycles. The molecule has 1 heterocycles. The summed E-state index contributed by atoms with van der Waals surface area (Å²) in [4.78, 5) is 0. The molecular weight excluding hydrogens is 130 g/mol.